The van der Waals surface area contributed by atoms with Gasteiger partial charge in [-0.05, 0) is 37.6 Å². The minimum atomic E-state index is -0.0959. The van der Waals surface area contributed by atoms with Crippen molar-refractivity contribution in [3.63, 3.8) is 0 Å². The Balaban J connectivity index is 1.87. The summed E-state index contributed by atoms with van der Waals surface area (Å²) in [6.07, 6.45) is 1.96. The van der Waals surface area contributed by atoms with E-state index in [2.05, 4.69) is 5.32 Å². The summed E-state index contributed by atoms with van der Waals surface area (Å²) in [5, 5.41) is 3.25. The van der Waals surface area contributed by atoms with E-state index >= 15 is 0 Å². The molecule has 20 heavy (non-hydrogen) atoms. The van der Waals surface area contributed by atoms with E-state index in [0.29, 0.717) is 17.0 Å². The second kappa shape index (κ2) is 5.25. The third-order valence-corrected chi connectivity index (χ3v) is 4.00. The monoisotopic (exact) mass is 274 g/mol. The number of likely N-dealkylation sites (N-methyl/N-ethyl adjacent to an activating group) is 1. The van der Waals surface area contributed by atoms with Crippen molar-refractivity contribution in [2.45, 2.75) is 12.8 Å². The molecule has 1 N–H and O–H groups in total. The lowest BCUT2D eigenvalue weighted by molar-refractivity contribution is -0.120. The number of piperidine rings is 1. The van der Waals surface area contributed by atoms with Gasteiger partial charge in [0, 0.05) is 25.1 Å². The lowest BCUT2D eigenvalue weighted by Gasteiger charge is -2.27. The van der Waals surface area contributed by atoms with Crippen molar-refractivity contribution in [1.82, 2.24) is 5.32 Å². The van der Waals surface area contributed by atoms with Crippen molar-refractivity contribution in [2.75, 3.05) is 31.6 Å². The molecule has 0 aromatic heterocycles. The van der Waals surface area contributed by atoms with Crippen molar-refractivity contribution in [3.8, 4) is 5.75 Å². The van der Waals surface area contributed by atoms with Gasteiger partial charge in [0.25, 0.3) is 5.91 Å². The standard InChI is InChI=1S/C15H18N2O3/c1-17-12-7-10(4-5-13(12)20-9-14(17)18)15(19)11-3-2-6-16-8-11/h4-5,7,11,16H,2-3,6,8-9H2,1H3. The number of rotatable bonds is 2. The SMILES string of the molecule is CN1C(=O)COc2ccc(C(=O)C3CCCNC3)cc21. The van der Waals surface area contributed by atoms with Crippen molar-refractivity contribution < 1.29 is 14.3 Å². The summed E-state index contributed by atoms with van der Waals surface area (Å²) in [7, 11) is 1.71. The number of nitrogens with zero attached hydrogens (tertiary/aromatic N) is 1. The van der Waals surface area contributed by atoms with E-state index in [1.807, 2.05) is 0 Å². The number of fused-ring (bicyclic) bond motifs is 1. The molecule has 0 spiro atoms. The molecule has 5 heteroatoms. The summed E-state index contributed by atoms with van der Waals surface area (Å²) < 4.78 is 5.37. The Kier molecular flexibility index (Phi) is 3.44. The summed E-state index contributed by atoms with van der Waals surface area (Å²) in [5.41, 5.74) is 1.33. The lowest BCUT2D eigenvalue weighted by atomic mass is 9.90. The molecule has 0 bridgehead atoms. The van der Waals surface area contributed by atoms with Crippen LogP contribution < -0.4 is 15.0 Å². The van der Waals surface area contributed by atoms with Crippen LogP contribution in [0.15, 0.2) is 18.2 Å². The van der Waals surface area contributed by atoms with Gasteiger partial charge >= 0.3 is 0 Å². The van der Waals surface area contributed by atoms with Crippen LogP contribution in [0.25, 0.3) is 0 Å². The fraction of sp³-hybridized carbons (Fsp3) is 0.467. The molecule has 1 fully saturated rings. The van der Waals surface area contributed by atoms with Crippen LogP contribution >= 0.6 is 0 Å². The van der Waals surface area contributed by atoms with Gasteiger partial charge in [0.1, 0.15) is 5.75 Å². The second-order valence-electron chi connectivity index (χ2n) is 5.33. The number of carbonyl (C=O) groups is 2. The lowest BCUT2D eigenvalue weighted by Crippen LogP contribution is -2.36. The highest BCUT2D eigenvalue weighted by Gasteiger charge is 2.26. The molecule has 0 radical (unpaired) electrons. The van der Waals surface area contributed by atoms with Crippen molar-refractivity contribution in [2.24, 2.45) is 5.92 Å². The maximum atomic E-state index is 12.5. The van der Waals surface area contributed by atoms with E-state index < -0.39 is 0 Å². The van der Waals surface area contributed by atoms with Gasteiger partial charge in [-0.15, -0.1) is 0 Å². The van der Waals surface area contributed by atoms with Crippen LogP contribution in [-0.2, 0) is 4.79 Å². The van der Waals surface area contributed by atoms with Gasteiger partial charge in [-0.1, -0.05) is 0 Å². The topological polar surface area (TPSA) is 58.6 Å². The maximum absolute atomic E-state index is 12.5. The number of benzene rings is 1. The smallest absolute Gasteiger partial charge is 0.264 e. The summed E-state index contributed by atoms with van der Waals surface area (Å²) in [6, 6.07) is 5.34. The molecule has 5 nitrogen and oxygen atoms in total. The van der Waals surface area contributed by atoms with Crippen LogP contribution in [0.3, 0.4) is 0 Å². The average molecular weight is 274 g/mol. The first-order valence-electron chi connectivity index (χ1n) is 6.95. The van der Waals surface area contributed by atoms with Gasteiger partial charge in [-0.25, -0.2) is 0 Å². The molecule has 0 saturated carbocycles. The summed E-state index contributed by atoms with van der Waals surface area (Å²) in [5.74, 6) is 0.741. The van der Waals surface area contributed by atoms with Gasteiger partial charge in [0.15, 0.2) is 12.4 Å². The van der Waals surface area contributed by atoms with Crippen molar-refractivity contribution in [3.05, 3.63) is 23.8 Å². The summed E-state index contributed by atoms with van der Waals surface area (Å²) in [4.78, 5) is 25.7. The number of carbonyl (C=O) groups excluding carboxylic acids is 2. The molecule has 2 aliphatic rings. The zero-order valence-electron chi connectivity index (χ0n) is 11.5. The second-order valence-corrected chi connectivity index (χ2v) is 5.33. The van der Waals surface area contributed by atoms with Gasteiger partial charge < -0.3 is 15.0 Å². The Morgan fingerprint density at radius 3 is 3.05 bits per heavy atom. The minimum absolute atomic E-state index is 0.0346. The van der Waals surface area contributed by atoms with E-state index in [1.54, 1.807) is 30.1 Å². The third-order valence-electron chi connectivity index (χ3n) is 4.00. The average Bonchev–Trinajstić information content (AvgIpc) is 2.51. The number of nitrogens with one attached hydrogen (secondary N) is 1. The summed E-state index contributed by atoms with van der Waals surface area (Å²) in [6.45, 7) is 1.78. The maximum Gasteiger partial charge on any atom is 0.264 e. The van der Waals surface area contributed by atoms with Crippen molar-refractivity contribution >= 4 is 17.4 Å². The fourth-order valence-corrected chi connectivity index (χ4v) is 2.74. The van der Waals surface area contributed by atoms with Gasteiger partial charge in [-0.2, -0.15) is 0 Å². The van der Waals surface area contributed by atoms with E-state index in [1.165, 1.54) is 0 Å². The number of amides is 1. The first kappa shape index (κ1) is 13.1. The highest BCUT2D eigenvalue weighted by Crippen LogP contribution is 2.33. The molecule has 2 aliphatic heterocycles. The molecule has 1 atom stereocenters. The number of anilines is 1. The zero-order valence-corrected chi connectivity index (χ0v) is 11.5. The predicted octanol–water partition coefficient (Wildman–Crippen LogP) is 1.22. The first-order valence-corrected chi connectivity index (χ1v) is 6.95. The first-order chi connectivity index (χ1) is 9.66. The van der Waals surface area contributed by atoms with Crippen LogP contribution in [0, 0.1) is 5.92 Å². The number of hydrogen-bond donors (Lipinski definition) is 1. The molecular weight excluding hydrogens is 256 g/mol. The van der Waals surface area contributed by atoms with E-state index in [-0.39, 0.29) is 24.2 Å². The van der Waals surface area contributed by atoms with E-state index in [0.717, 1.165) is 25.9 Å². The molecule has 1 saturated heterocycles. The van der Waals surface area contributed by atoms with Crippen LogP contribution in [0.2, 0.25) is 0 Å². The molecule has 0 aliphatic carbocycles. The fourth-order valence-electron chi connectivity index (χ4n) is 2.74. The molecule has 3 rings (SSSR count). The molecule has 1 unspecified atom stereocenters. The number of ketones is 1. The van der Waals surface area contributed by atoms with Gasteiger partial charge in [0.2, 0.25) is 0 Å². The molecule has 1 aromatic carbocycles. The molecule has 106 valence electrons. The largest absolute Gasteiger partial charge is 0.482 e. The van der Waals surface area contributed by atoms with E-state index in [4.69, 9.17) is 4.74 Å². The molecule has 1 aromatic rings. The quantitative estimate of drug-likeness (QED) is 0.824. The van der Waals surface area contributed by atoms with Crippen LogP contribution in [-0.4, -0.2) is 38.4 Å². The zero-order chi connectivity index (χ0) is 14.1. The Bertz CT molecular complexity index is 550. The van der Waals surface area contributed by atoms with Crippen LogP contribution in [0.4, 0.5) is 5.69 Å². The number of hydrogen-bond acceptors (Lipinski definition) is 4. The Morgan fingerprint density at radius 1 is 1.45 bits per heavy atom. The highest BCUT2D eigenvalue weighted by atomic mass is 16.5. The van der Waals surface area contributed by atoms with Crippen molar-refractivity contribution in [1.29, 1.82) is 0 Å². The Labute approximate surface area is 117 Å². The highest BCUT2D eigenvalue weighted by molar-refractivity contribution is 6.02. The number of ether oxygens (including phenoxy) is 1. The minimum Gasteiger partial charge on any atom is -0.482 e. The van der Waals surface area contributed by atoms with E-state index in [9.17, 15) is 9.59 Å². The third kappa shape index (κ3) is 2.29. The Morgan fingerprint density at radius 2 is 2.30 bits per heavy atom. The molecule has 1 amide bonds. The van der Waals surface area contributed by atoms with Crippen LogP contribution in [0.1, 0.15) is 23.2 Å². The Hall–Kier alpha value is -1.88. The van der Waals surface area contributed by atoms with Gasteiger partial charge in [-0.3, -0.25) is 9.59 Å². The van der Waals surface area contributed by atoms with Gasteiger partial charge in [0.05, 0.1) is 5.69 Å². The molecule has 2 heterocycles. The number of Topliss-reactive ketones (excluding diaryl/α,β-unsaturated/α-hetero) is 1. The predicted molar refractivity (Wildman–Crippen MR) is 75.3 cm³/mol. The molecular formula is C15H18N2O3. The summed E-state index contributed by atoms with van der Waals surface area (Å²) >= 11 is 0. The van der Waals surface area contributed by atoms with Crippen LogP contribution in [0.5, 0.6) is 5.75 Å². The normalized spacial score (nSPS) is 22.1.